The first-order valence-electron chi connectivity index (χ1n) is 4.47. The second kappa shape index (κ2) is 5.70. The Balaban J connectivity index is 2.38. The third-order valence-electron chi connectivity index (χ3n) is 1.88. The predicted octanol–water partition coefficient (Wildman–Crippen LogP) is 2.48. The molecule has 0 bridgehead atoms. The molecule has 1 unspecified atom stereocenters. The number of thioether (sulfide) groups is 1. The van der Waals surface area contributed by atoms with Crippen molar-refractivity contribution in [1.82, 2.24) is 0 Å². The lowest BCUT2D eigenvalue weighted by Gasteiger charge is -2.08. The molecule has 0 heterocycles. The Kier molecular flexibility index (Phi) is 4.53. The fourth-order valence-corrected chi connectivity index (χ4v) is 1.90. The summed E-state index contributed by atoms with van der Waals surface area (Å²) in [7, 11) is 1.42. The summed E-state index contributed by atoms with van der Waals surface area (Å²) in [6, 6.07) is 10.1. The predicted molar refractivity (Wildman–Crippen MR) is 59.2 cm³/mol. The van der Waals surface area contributed by atoms with Crippen molar-refractivity contribution >= 4 is 17.7 Å². The van der Waals surface area contributed by atoms with Gasteiger partial charge in [0.15, 0.2) is 0 Å². The molecule has 0 radical (unpaired) electrons. The summed E-state index contributed by atoms with van der Waals surface area (Å²) < 4.78 is 4.64. The largest absolute Gasteiger partial charge is 0.468 e. The van der Waals surface area contributed by atoms with Crippen LogP contribution >= 0.6 is 11.8 Å². The van der Waals surface area contributed by atoms with Crippen molar-refractivity contribution in [3.63, 3.8) is 0 Å². The summed E-state index contributed by atoms with van der Waals surface area (Å²) in [5.74, 6) is 0.683. The summed E-state index contributed by atoms with van der Waals surface area (Å²) in [6.45, 7) is 1.86. The van der Waals surface area contributed by atoms with Gasteiger partial charge in [0.1, 0.15) is 0 Å². The van der Waals surface area contributed by atoms with Crippen LogP contribution in [0.3, 0.4) is 0 Å². The van der Waals surface area contributed by atoms with Crippen LogP contribution in [0, 0.1) is 0 Å². The van der Waals surface area contributed by atoms with Crippen LogP contribution < -0.4 is 0 Å². The molecule has 0 saturated carbocycles. The third-order valence-corrected chi connectivity index (χ3v) is 3.07. The number of hydrogen-bond acceptors (Lipinski definition) is 3. The SMILES string of the molecule is COC(=O)C(C)SCc1ccccc1. The van der Waals surface area contributed by atoms with Crippen LogP contribution in [0.1, 0.15) is 12.5 Å². The van der Waals surface area contributed by atoms with Gasteiger partial charge in [-0.15, -0.1) is 11.8 Å². The number of carbonyl (C=O) groups is 1. The van der Waals surface area contributed by atoms with E-state index in [9.17, 15) is 4.79 Å². The van der Waals surface area contributed by atoms with E-state index in [-0.39, 0.29) is 11.2 Å². The van der Waals surface area contributed by atoms with Gasteiger partial charge in [0.25, 0.3) is 0 Å². The van der Waals surface area contributed by atoms with Crippen LogP contribution in [0.5, 0.6) is 0 Å². The Morgan fingerprint density at radius 2 is 2.07 bits per heavy atom. The molecule has 1 atom stereocenters. The minimum Gasteiger partial charge on any atom is -0.468 e. The molecule has 0 aliphatic carbocycles. The quantitative estimate of drug-likeness (QED) is 0.714. The van der Waals surface area contributed by atoms with E-state index >= 15 is 0 Å². The van der Waals surface area contributed by atoms with E-state index in [4.69, 9.17) is 0 Å². The molecule has 2 nitrogen and oxygen atoms in total. The van der Waals surface area contributed by atoms with Crippen molar-refractivity contribution in [2.75, 3.05) is 7.11 Å². The molecule has 1 aromatic rings. The minimum atomic E-state index is -0.161. The fourth-order valence-electron chi connectivity index (χ4n) is 1.03. The van der Waals surface area contributed by atoms with Crippen LogP contribution in [0.2, 0.25) is 0 Å². The van der Waals surface area contributed by atoms with Crippen LogP contribution in [0.15, 0.2) is 30.3 Å². The Morgan fingerprint density at radius 1 is 1.43 bits per heavy atom. The Morgan fingerprint density at radius 3 is 2.64 bits per heavy atom. The molecule has 1 rings (SSSR count). The van der Waals surface area contributed by atoms with Crippen molar-refractivity contribution in [2.45, 2.75) is 17.9 Å². The molecule has 14 heavy (non-hydrogen) atoms. The number of rotatable bonds is 4. The fraction of sp³-hybridized carbons (Fsp3) is 0.364. The molecule has 3 heteroatoms. The summed E-state index contributed by atoms with van der Waals surface area (Å²) in [5.41, 5.74) is 1.23. The van der Waals surface area contributed by atoms with Crippen molar-refractivity contribution in [3.8, 4) is 0 Å². The number of methoxy groups -OCH3 is 1. The van der Waals surface area contributed by atoms with E-state index < -0.39 is 0 Å². The zero-order chi connectivity index (χ0) is 10.4. The van der Waals surface area contributed by atoms with E-state index in [0.29, 0.717) is 0 Å². The molecular weight excluding hydrogens is 196 g/mol. The second-order valence-corrected chi connectivity index (χ2v) is 4.29. The van der Waals surface area contributed by atoms with Gasteiger partial charge in [0.2, 0.25) is 0 Å². The molecule has 0 aromatic heterocycles. The van der Waals surface area contributed by atoms with Gasteiger partial charge in [-0.3, -0.25) is 4.79 Å². The number of hydrogen-bond donors (Lipinski definition) is 0. The third kappa shape index (κ3) is 3.42. The Labute approximate surface area is 88.7 Å². The van der Waals surface area contributed by atoms with Crippen molar-refractivity contribution < 1.29 is 9.53 Å². The molecule has 0 fully saturated rings. The molecular formula is C11H14O2S. The van der Waals surface area contributed by atoms with E-state index in [2.05, 4.69) is 16.9 Å². The standard InChI is InChI=1S/C11H14O2S/c1-9(11(12)13-2)14-8-10-6-4-3-5-7-10/h3-7,9H,8H2,1-2H3. The van der Waals surface area contributed by atoms with Gasteiger partial charge in [-0.05, 0) is 12.5 Å². The highest BCUT2D eigenvalue weighted by Gasteiger charge is 2.12. The van der Waals surface area contributed by atoms with Gasteiger partial charge in [0.05, 0.1) is 12.4 Å². The van der Waals surface area contributed by atoms with Gasteiger partial charge in [-0.2, -0.15) is 0 Å². The second-order valence-electron chi connectivity index (χ2n) is 2.96. The molecule has 0 saturated heterocycles. The van der Waals surface area contributed by atoms with Crippen LogP contribution in [0.25, 0.3) is 0 Å². The maximum Gasteiger partial charge on any atom is 0.318 e. The molecule has 1 aromatic carbocycles. The van der Waals surface area contributed by atoms with Crippen LogP contribution in [-0.4, -0.2) is 18.3 Å². The van der Waals surface area contributed by atoms with E-state index in [0.717, 1.165) is 5.75 Å². The summed E-state index contributed by atoms with van der Waals surface area (Å²) >= 11 is 1.59. The molecule has 76 valence electrons. The van der Waals surface area contributed by atoms with Gasteiger partial charge in [0, 0.05) is 5.75 Å². The van der Waals surface area contributed by atoms with Gasteiger partial charge in [-0.1, -0.05) is 30.3 Å². The number of carbonyl (C=O) groups excluding carboxylic acids is 1. The van der Waals surface area contributed by atoms with Crippen LogP contribution in [0.4, 0.5) is 0 Å². The van der Waals surface area contributed by atoms with Gasteiger partial charge in [-0.25, -0.2) is 0 Å². The number of esters is 1. The summed E-state index contributed by atoms with van der Waals surface area (Å²) in [6.07, 6.45) is 0. The summed E-state index contributed by atoms with van der Waals surface area (Å²) in [5, 5.41) is -0.0970. The van der Waals surface area contributed by atoms with Crippen molar-refractivity contribution in [2.24, 2.45) is 0 Å². The van der Waals surface area contributed by atoms with E-state index in [1.165, 1.54) is 12.7 Å². The maximum atomic E-state index is 11.1. The lowest BCUT2D eigenvalue weighted by atomic mass is 10.2. The zero-order valence-electron chi connectivity index (χ0n) is 8.40. The maximum absolute atomic E-state index is 11.1. The Bertz CT molecular complexity index is 285. The highest BCUT2D eigenvalue weighted by atomic mass is 32.2. The smallest absolute Gasteiger partial charge is 0.318 e. The number of benzene rings is 1. The summed E-state index contributed by atoms with van der Waals surface area (Å²) in [4.78, 5) is 11.1. The topological polar surface area (TPSA) is 26.3 Å². The highest BCUT2D eigenvalue weighted by Crippen LogP contribution is 2.17. The molecule has 0 aliphatic rings. The van der Waals surface area contributed by atoms with E-state index in [1.54, 1.807) is 11.8 Å². The minimum absolute atomic E-state index is 0.0970. The highest BCUT2D eigenvalue weighted by molar-refractivity contribution is 7.99. The van der Waals surface area contributed by atoms with Gasteiger partial charge >= 0.3 is 5.97 Å². The molecule has 0 aliphatic heterocycles. The van der Waals surface area contributed by atoms with E-state index in [1.807, 2.05) is 25.1 Å². The van der Waals surface area contributed by atoms with Crippen LogP contribution in [-0.2, 0) is 15.3 Å². The first-order valence-corrected chi connectivity index (χ1v) is 5.52. The molecule has 0 amide bonds. The van der Waals surface area contributed by atoms with Crippen molar-refractivity contribution in [1.29, 1.82) is 0 Å². The first-order chi connectivity index (χ1) is 6.74. The number of ether oxygens (including phenoxy) is 1. The lowest BCUT2D eigenvalue weighted by molar-refractivity contribution is -0.139. The zero-order valence-corrected chi connectivity index (χ0v) is 9.21. The Hall–Kier alpha value is -0.960. The first kappa shape index (κ1) is 11.1. The van der Waals surface area contributed by atoms with Gasteiger partial charge < -0.3 is 4.74 Å². The normalized spacial score (nSPS) is 12.1. The molecule has 0 spiro atoms. The monoisotopic (exact) mass is 210 g/mol. The average Bonchev–Trinajstić information content (AvgIpc) is 2.26. The lowest BCUT2D eigenvalue weighted by Crippen LogP contribution is -2.14. The molecule has 0 N–H and O–H groups in total. The van der Waals surface area contributed by atoms with Crippen molar-refractivity contribution in [3.05, 3.63) is 35.9 Å². The average molecular weight is 210 g/mol.